The first-order valence-corrected chi connectivity index (χ1v) is 18.3. The number of hydrogen-bond acceptors (Lipinski definition) is 4. The normalized spacial score (nSPS) is 11.6. The molecular weight excluding hydrogens is 663 g/mol. The highest BCUT2D eigenvalue weighted by Gasteiger charge is 2.20. The molecule has 6 heteroatoms. The van der Waals surface area contributed by atoms with Crippen LogP contribution in [0.15, 0.2) is 182 Å². The van der Waals surface area contributed by atoms with Gasteiger partial charge in [0.25, 0.3) is 0 Å². The number of para-hydroxylation sites is 4. The maximum atomic E-state index is 6.08. The van der Waals surface area contributed by atoms with Gasteiger partial charge in [-0.2, -0.15) is 0 Å². The van der Waals surface area contributed by atoms with E-state index in [-0.39, 0.29) is 5.60 Å². The van der Waals surface area contributed by atoms with Crippen LogP contribution in [0.1, 0.15) is 20.8 Å². The molecule has 0 spiro atoms. The number of ether oxygens (including phenoxy) is 1. The zero-order valence-corrected chi connectivity index (χ0v) is 30.5. The zero-order valence-electron chi connectivity index (χ0n) is 30.5. The number of rotatable bonds is 8. The fourth-order valence-corrected chi connectivity index (χ4v) is 7.24. The fraction of sp³-hybridized carbons (Fsp3) is 0.0833. The molecule has 0 aliphatic carbocycles. The lowest BCUT2D eigenvalue weighted by Gasteiger charge is -2.26. The molecule has 0 bridgehead atoms. The van der Waals surface area contributed by atoms with Crippen molar-refractivity contribution in [2.75, 3.05) is 4.90 Å². The summed E-state index contributed by atoms with van der Waals surface area (Å²) in [6, 6.07) is 63.5. The number of benzene rings is 7. The number of anilines is 3. The van der Waals surface area contributed by atoms with Crippen LogP contribution in [0.3, 0.4) is 0 Å². The molecule has 9 rings (SSSR count). The summed E-state index contributed by atoms with van der Waals surface area (Å²) in [6.07, 6.45) is 0. The Morgan fingerprint density at radius 1 is 0.426 bits per heavy atom. The van der Waals surface area contributed by atoms with Crippen LogP contribution in [0.25, 0.3) is 56.0 Å². The smallest absolute Gasteiger partial charge is 0.168 e. The van der Waals surface area contributed by atoms with Crippen molar-refractivity contribution in [1.29, 1.82) is 0 Å². The summed E-state index contributed by atoms with van der Waals surface area (Å²) in [7, 11) is 0. The van der Waals surface area contributed by atoms with E-state index >= 15 is 0 Å². The summed E-state index contributed by atoms with van der Waals surface area (Å²) in [5, 5.41) is 12.0. The third-order valence-corrected chi connectivity index (χ3v) is 9.56. The second-order valence-corrected chi connectivity index (χ2v) is 14.4. The van der Waals surface area contributed by atoms with Gasteiger partial charge in [0.1, 0.15) is 11.4 Å². The van der Waals surface area contributed by atoms with Gasteiger partial charge in [-0.15, -0.1) is 10.2 Å². The van der Waals surface area contributed by atoms with Crippen LogP contribution in [0.2, 0.25) is 0 Å². The lowest BCUT2D eigenvalue weighted by molar-refractivity contribution is 0.131. The average molecular weight is 702 g/mol. The van der Waals surface area contributed by atoms with Crippen LogP contribution in [-0.4, -0.2) is 24.9 Å². The Morgan fingerprint density at radius 3 is 1.39 bits per heavy atom. The van der Waals surface area contributed by atoms with E-state index in [2.05, 4.69) is 154 Å². The molecule has 0 radical (unpaired) electrons. The summed E-state index contributed by atoms with van der Waals surface area (Å²) in [5.74, 6) is 2.34. The standard InChI is InChI=1S/C48H39N5O/c1-48(2,3)54-41-32-24-35(25-33-41)47-50-49-46(53(47)37-16-8-5-9-17-37)34-22-26-38(27-23-34)51(36-14-6-4-7-15-36)39-28-30-40(31-29-39)52-44-20-12-10-18-42(44)43-19-11-13-21-45(43)52/h4-33H,1-3H3. The van der Waals surface area contributed by atoms with Gasteiger partial charge in [-0.3, -0.25) is 4.57 Å². The molecule has 0 saturated heterocycles. The first-order valence-electron chi connectivity index (χ1n) is 18.3. The third-order valence-electron chi connectivity index (χ3n) is 9.56. The second-order valence-electron chi connectivity index (χ2n) is 14.4. The minimum atomic E-state index is -0.280. The highest BCUT2D eigenvalue weighted by atomic mass is 16.5. The average Bonchev–Trinajstić information content (AvgIpc) is 3.80. The van der Waals surface area contributed by atoms with Crippen molar-refractivity contribution >= 4 is 38.9 Å². The topological polar surface area (TPSA) is 48.1 Å². The SMILES string of the molecule is CC(C)(C)Oc1ccc(-c2nnc(-c3ccc(N(c4ccccc4)c4ccc(-n5c6ccccc6c6ccccc65)cc4)cc3)n2-c2ccccc2)cc1. The lowest BCUT2D eigenvalue weighted by atomic mass is 10.1. The van der Waals surface area contributed by atoms with Crippen LogP contribution >= 0.6 is 0 Å². The third kappa shape index (κ3) is 6.18. The number of fused-ring (bicyclic) bond motifs is 3. The van der Waals surface area contributed by atoms with Crippen LogP contribution in [0.4, 0.5) is 17.1 Å². The molecule has 6 nitrogen and oxygen atoms in total. The first-order chi connectivity index (χ1) is 26.4. The lowest BCUT2D eigenvalue weighted by Crippen LogP contribution is -2.22. The van der Waals surface area contributed by atoms with Crippen molar-refractivity contribution < 1.29 is 4.74 Å². The van der Waals surface area contributed by atoms with Crippen LogP contribution in [0.5, 0.6) is 5.75 Å². The Kier molecular flexibility index (Phi) is 8.28. The molecule has 2 heterocycles. The first kappa shape index (κ1) is 33.0. The summed E-state index contributed by atoms with van der Waals surface area (Å²) >= 11 is 0. The molecule has 54 heavy (non-hydrogen) atoms. The predicted octanol–water partition coefficient (Wildman–Crippen LogP) is 12.3. The largest absolute Gasteiger partial charge is 0.488 e. The maximum absolute atomic E-state index is 6.08. The fourth-order valence-electron chi connectivity index (χ4n) is 7.24. The van der Waals surface area contributed by atoms with E-state index in [0.29, 0.717) is 0 Å². The monoisotopic (exact) mass is 701 g/mol. The van der Waals surface area contributed by atoms with E-state index in [1.54, 1.807) is 0 Å². The van der Waals surface area contributed by atoms with Crippen LogP contribution in [-0.2, 0) is 0 Å². The second kappa shape index (κ2) is 13.6. The predicted molar refractivity (Wildman–Crippen MR) is 222 cm³/mol. The van der Waals surface area contributed by atoms with Gasteiger partial charge in [0.05, 0.1) is 11.0 Å². The molecule has 0 N–H and O–H groups in total. The molecule has 9 aromatic rings. The van der Waals surface area contributed by atoms with Crippen molar-refractivity contribution in [2.45, 2.75) is 26.4 Å². The molecule has 7 aromatic carbocycles. The molecule has 0 saturated carbocycles. The molecule has 0 fully saturated rings. The highest BCUT2D eigenvalue weighted by Crippen LogP contribution is 2.38. The van der Waals surface area contributed by atoms with Gasteiger partial charge >= 0.3 is 0 Å². The summed E-state index contributed by atoms with van der Waals surface area (Å²) in [5.41, 5.74) is 9.30. The molecule has 2 aromatic heterocycles. The zero-order chi connectivity index (χ0) is 36.6. The minimum absolute atomic E-state index is 0.280. The molecule has 0 aliphatic heterocycles. The van der Waals surface area contributed by atoms with Gasteiger partial charge in [0.2, 0.25) is 0 Å². The summed E-state index contributed by atoms with van der Waals surface area (Å²) in [6.45, 7) is 6.15. The van der Waals surface area contributed by atoms with E-state index in [0.717, 1.165) is 57.0 Å². The van der Waals surface area contributed by atoms with Gasteiger partial charge in [0.15, 0.2) is 11.6 Å². The van der Waals surface area contributed by atoms with E-state index in [1.165, 1.54) is 21.8 Å². The molecule has 0 unspecified atom stereocenters. The van der Waals surface area contributed by atoms with Gasteiger partial charge < -0.3 is 14.2 Å². The quantitative estimate of drug-likeness (QED) is 0.158. The molecular formula is C48H39N5O. The minimum Gasteiger partial charge on any atom is -0.488 e. The van der Waals surface area contributed by atoms with Crippen molar-refractivity contribution in [2.24, 2.45) is 0 Å². The Balaban J connectivity index is 1.09. The Labute approximate surface area is 315 Å². The van der Waals surface area contributed by atoms with Crippen LogP contribution < -0.4 is 9.64 Å². The highest BCUT2D eigenvalue weighted by molar-refractivity contribution is 6.09. The molecule has 262 valence electrons. The van der Waals surface area contributed by atoms with Gasteiger partial charge in [-0.25, -0.2) is 0 Å². The van der Waals surface area contributed by atoms with Gasteiger partial charge in [0, 0.05) is 50.3 Å². The van der Waals surface area contributed by atoms with Gasteiger partial charge in [-0.05, 0) is 130 Å². The van der Waals surface area contributed by atoms with Crippen molar-refractivity contribution in [3.8, 4) is 39.9 Å². The van der Waals surface area contributed by atoms with Crippen molar-refractivity contribution in [3.05, 3.63) is 182 Å². The molecule has 0 amide bonds. The van der Waals surface area contributed by atoms with E-state index in [1.807, 2.05) is 63.2 Å². The Morgan fingerprint density at radius 2 is 0.852 bits per heavy atom. The Bertz CT molecular complexity index is 2640. The molecule has 0 aliphatic rings. The van der Waals surface area contributed by atoms with E-state index in [9.17, 15) is 0 Å². The van der Waals surface area contributed by atoms with E-state index < -0.39 is 0 Å². The maximum Gasteiger partial charge on any atom is 0.168 e. The number of aromatic nitrogens is 4. The van der Waals surface area contributed by atoms with Gasteiger partial charge in [-0.1, -0.05) is 72.8 Å². The Hall–Kier alpha value is -6.92. The summed E-state index contributed by atoms with van der Waals surface area (Å²) in [4.78, 5) is 2.29. The molecule has 0 atom stereocenters. The van der Waals surface area contributed by atoms with Crippen LogP contribution in [0, 0.1) is 0 Å². The van der Waals surface area contributed by atoms with Crippen molar-refractivity contribution in [1.82, 2.24) is 19.3 Å². The van der Waals surface area contributed by atoms with E-state index in [4.69, 9.17) is 14.9 Å². The van der Waals surface area contributed by atoms with Crippen molar-refractivity contribution in [3.63, 3.8) is 0 Å². The number of nitrogens with zero attached hydrogens (tertiary/aromatic N) is 5. The number of hydrogen-bond donors (Lipinski definition) is 0. The summed E-state index contributed by atoms with van der Waals surface area (Å²) < 4.78 is 10.6.